The van der Waals surface area contributed by atoms with Crippen molar-refractivity contribution < 1.29 is 0 Å². The lowest BCUT2D eigenvalue weighted by molar-refractivity contribution is 0.364. The molecule has 1 fully saturated rings. The molecule has 0 spiro atoms. The number of hydrogen-bond donors (Lipinski definition) is 1. The first-order valence-corrected chi connectivity index (χ1v) is 7.02. The minimum atomic E-state index is 0.0707. The van der Waals surface area contributed by atoms with Crippen LogP contribution in [0.15, 0.2) is 35.4 Å². The Kier molecular flexibility index (Phi) is 3.60. The summed E-state index contributed by atoms with van der Waals surface area (Å²) in [4.78, 5) is 16.7. The molecule has 1 aromatic carbocycles. The van der Waals surface area contributed by atoms with E-state index in [1.54, 1.807) is 10.9 Å². The summed E-state index contributed by atoms with van der Waals surface area (Å²) in [7, 11) is 0. The van der Waals surface area contributed by atoms with Gasteiger partial charge in [0.25, 0.3) is 5.56 Å². The maximum absolute atomic E-state index is 12.3. The molecule has 1 atom stereocenters. The molecular weight excluding hydrogens is 238 g/mol. The fourth-order valence-electron chi connectivity index (χ4n) is 2.73. The highest BCUT2D eigenvalue weighted by molar-refractivity contribution is 5.76. The Morgan fingerprint density at radius 1 is 1.32 bits per heavy atom. The van der Waals surface area contributed by atoms with Crippen LogP contribution in [0, 0.1) is 0 Å². The van der Waals surface area contributed by atoms with Gasteiger partial charge in [0.15, 0.2) is 0 Å². The number of para-hydroxylation sites is 1. The molecule has 1 N–H and O–H groups in total. The van der Waals surface area contributed by atoms with Gasteiger partial charge >= 0.3 is 0 Å². The van der Waals surface area contributed by atoms with Crippen LogP contribution in [0.1, 0.15) is 25.7 Å². The van der Waals surface area contributed by atoms with Crippen molar-refractivity contribution in [2.45, 2.75) is 38.3 Å². The van der Waals surface area contributed by atoms with Crippen molar-refractivity contribution in [3.05, 3.63) is 40.9 Å². The van der Waals surface area contributed by atoms with Gasteiger partial charge in [0.2, 0.25) is 0 Å². The third kappa shape index (κ3) is 2.68. The Morgan fingerprint density at radius 3 is 3.05 bits per heavy atom. The van der Waals surface area contributed by atoms with E-state index in [4.69, 9.17) is 0 Å². The van der Waals surface area contributed by atoms with Crippen LogP contribution in [-0.2, 0) is 6.54 Å². The summed E-state index contributed by atoms with van der Waals surface area (Å²) >= 11 is 0. The van der Waals surface area contributed by atoms with Gasteiger partial charge < -0.3 is 5.32 Å². The second-order valence-corrected chi connectivity index (χ2v) is 5.20. The van der Waals surface area contributed by atoms with Crippen LogP contribution in [0.4, 0.5) is 0 Å². The molecule has 0 radical (unpaired) electrons. The predicted molar refractivity (Wildman–Crippen MR) is 76.3 cm³/mol. The summed E-state index contributed by atoms with van der Waals surface area (Å²) in [6.45, 7) is 1.85. The Hall–Kier alpha value is -1.68. The maximum Gasteiger partial charge on any atom is 0.261 e. The van der Waals surface area contributed by atoms with Crippen LogP contribution < -0.4 is 10.9 Å². The molecule has 1 aromatic heterocycles. The lowest BCUT2D eigenvalue weighted by Crippen LogP contribution is -2.35. The number of nitrogens with zero attached hydrogens (tertiary/aromatic N) is 2. The number of fused-ring (bicyclic) bond motifs is 1. The highest BCUT2D eigenvalue weighted by Gasteiger charge is 2.12. The monoisotopic (exact) mass is 257 g/mol. The zero-order valence-electron chi connectivity index (χ0n) is 11.0. The van der Waals surface area contributed by atoms with Crippen LogP contribution in [0.3, 0.4) is 0 Å². The Bertz CT molecular complexity index is 614. The van der Waals surface area contributed by atoms with E-state index in [0.717, 1.165) is 25.0 Å². The van der Waals surface area contributed by atoms with Crippen LogP contribution >= 0.6 is 0 Å². The molecule has 1 unspecified atom stereocenters. The molecule has 0 bridgehead atoms. The van der Waals surface area contributed by atoms with E-state index in [-0.39, 0.29) is 5.56 Å². The molecule has 0 amide bonds. The van der Waals surface area contributed by atoms with Gasteiger partial charge in [-0.05, 0) is 37.9 Å². The number of rotatable bonds is 3. The number of piperidine rings is 1. The summed E-state index contributed by atoms with van der Waals surface area (Å²) < 4.78 is 1.73. The predicted octanol–water partition coefficient (Wildman–Crippen LogP) is 1.93. The normalized spacial score (nSPS) is 19.7. The first-order chi connectivity index (χ1) is 9.34. The van der Waals surface area contributed by atoms with Crippen molar-refractivity contribution in [1.82, 2.24) is 14.9 Å². The topological polar surface area (TPSA) is 46.9 Å². The van der Waals surface area contributed by atoms with Crippen molar-refractivity contribution in [1.29, 1.82) is 0 Å². The van der Waals surface area contributed by atoms with Crippen LogP contribution in [0.2, 0.25) is 0 Å². The quantitative estimate of drug-likeness (QED) is 0.914. The summed E-state index contributed by atoms with van der Waals surface area (Å²) in [5.41, 5.74) is 0.848. The van der Waals surface area contributed by atoms with Gasteiger partial charge in [0.1, 0.15) is 0 Å². The minimum absolute atomic E-state index is 0.0707. The maximum atomic E-state index is 12.3. The first-order valence-electron chi connectivity index (χ1n) is 7.02. The van der Waals surface area contributed by atoms with Crippen LogP contribution in [-0.4, -0.2) is 22.1 Å². The lowest BCUT2D eigenvalue weighted by atomic mass is 10.0. The zero-order chi connectivity index (χ0) is 13.1. The fraction of sp³-hybridized carbons (Fsp3) is 0.467. The summed E-state index contributed by atoms with van der Waals surface area (Å²) in [5.74, 6) is 0. The van der Waals surface area contributed by atoms with E-state index in [9.17, 15) is 4.79 Å². The van der Waals surface area contributed by atoms with Crippen LogP contribution in [0.25, 0.3) is 10.9 Å². The number of aryl methyl sites for hydroxylation is 1. The molecule has 1 saturated heterocycles. The molecule has 0 aliphatic carbocycles. The van der Waals surface area contributed by atoms with Gasteiger partial charge in [-0.1, -0.05) is 18.6 Å². The van der Waals surface area contributed by atoms with Gasteiger partial charge in [-0.25, -0.2) is 4.98 Å². The van der Waals surface area contributed by atoms with Crippen molar-refractivity contribution >= 4 is 10.9 Å². The molecule has 1 aliphatic rings. The van der Waals surface area contributed by atoms with Crippen molar-refractivity contribution in [2.75, 3.05) is 6.54 Å². The molecule has 3 rings (SSSR count). The highest BCUT2D eigenvalue weighted by Crippen LogP contribution is 2.11. The van der Waals surface area contributed by atoms with Gasteiger partial charge in [0, 0.05) is 12.6 Å². The van der Waals surface area contributed by atoms with E-state index in [2.05, 4.69) is 10.3 Å². The van der Waals surface area contributed by atoms with E-state index in [1.165, 1.54) is 19.3 Å². The Morgan fingerprint density at radius 2 is 2.21 bits per heavy atom. The van der Waals surface area contributed by atoms with E-state index in [0.29, 0.717) is 11.4 Å². The van der Waals surface area contributed by atoms with Crippen molar-refractivity contribution in [3.63, 3.8) is 0 Å². The average molecular weight is 257 g/mol. The Labute approximate surface area is 112 Å². The minimum Gasteiger partial charge on any atom is -0.314 e. The summed E-state index contributed by atoms with van der Waals surface area (Å²) in [5, 5.41) is 4.22. The summed E-state index contributed by atoms with van der Waals surface area (Å²) in [6, 6.07) is 8.07. The van der Waals surface area contributed by atoms with Crippen LogP contribution in [0.5, 0.6) is 0 Å². The van der Waals surface area contributed by atoms with Crippen molar-refractivity contribution in [2.24, 2.45) is 0 Å². The number of aromatic nitrogens is 2. The molecule has 2 heterocycles. The summed E-state index contributed by atoms with van der Waals surface area (Å²) in [6.07, 6.45) is 6.46. The van der Waals surface area contributed by atoms with E-state index < -0.39 is 0 Å². The number of benzene rings is 1. The molecule has 4 nitrogen and oxygen atoms in total. The second kappa shape index (κ2) is 5.53. The van der Waals surface area contributed by atoms with Gasteiger partial charge in [-0.2, -0.15) is 0 Å². The molecule has 4 heteroatoms. The average Bonchev–Trinajstić information content (AvgIpc) is 2.48. The van der Waals surface area contributed by atoms with Gasteiger partial charge in [-0.3, -0.25) is 9.36 Å². The molecule has 2 aromatic rings. The lowest BCUT2D eigenvalue weighted by Gasteiger charge is -2.23. The third-order valence-corrected chi connectivity index (χ3v) is 3.86. The Balaban J connectivity index is 1.77. The number of nitrogens with one attached hydrogen (secondary N) is 1. The van der Waals surface area contributed by atoms with Gasteiger partial charge in [-0.15, -0.1) is 0 Å². The smallest absolute Gasteiger partial charge is 0.261 e. The highest BCUT2D eigenvalue weighted by atomic mass is 16.1. The van der Waals surface area contributed by atoms with Crippen molar-refractivity contribution in [3.8, 4) is 0 Å². The van der Waals surface area contributed by atoms with E-state index in [1.807, 2.05) is 24.3 Å². The fourth-order valence-corrected chi connectivity index (χ4v) is 2.73. The molecule has 1 aliphatic heterocycles. The van der Waals surface area contributed by atoms with Gasteiger partial charge in [0.05, 0.1) is 17.2 Å². The number of hydrogen-bond acceptors (Lipinski definition) is 3. The first kappa shape index (κ1) is 12.4. The standard InChI is InChI=1S/C15H19N3O/c19-15-13-6-1-2-7-14(13)17-11-18(15)10-8-12-5-3-4-9-16-12/h1-2,6-7,11-12,16H,3-5,8-10H2. The van der Waals surface area contributed by atoms with E-state index >= 15 is 0 Å². The largest absolute Gasteiger partial charge is 0.314 e. The zero-order valence-corrected chi connectivity index (χ0v) is 11.0. The SMILES string of the molecule is O=c1c2ccccc2ncn1CCC1CCCCN1. The molecule has 0 saturated carbocycles. The molecule has 100 valence electrons. The third-order valence-electron chi connectivity index (χ3n) is 3.86. The molecular formula is C15H19N3O. The second-order valence-electron chi connectivity index (χ2n) is 5.20. The molecule has 19 heavy (non-hydrogen) atoms.